The summed E-state index contributed by atoms with van der Waals surface area (Å²) in [7, 11) is 1.34. The Balaban J connectivity index is 1.77. The fourth-order valence-corrected chi connectivity index (χ4v) is 2.61. The van der Waals surface area contributed by atoms with Crippen LogP contribution in [0.4, 0.5) is 10.6 Å². The summed E-state index contributed by atoms with van der Waals surface area (Å²) in [4.78, 5) is 31.6. The number of pyridine rings is 1. The molecule has 2 amide bonds. The number of hydrogen-bond donors (Lipinski definition) is 2. The van der Waals surface area contributed by atoms with Gasteiger partial charge in [-0.3, -0.25) is 5.32 Å². The van der Waals surface area contributed by atoms with Crippen LogP contribution in [0.25, 0.3) is 11.8 Å². The third-order valence-electron chi connectivity index (χ3n) is 3.83. The number of imidazole rings is 1. The number of methoxy groups -OCH3 is 1. The van der Waals surface area contributed by atoms with Gasteiger partial charge in [0.25, 0.3) is 0 Å². The minimum Gasteiger partial charge on any atom is -0.464 e. The molecule has 0 atom stereocenters. The van der Waals surface area contributed by atoms with Gasteiger partial charge in [-0.25, -0.2) is 19.6 Å². The van der Waals surface area contributed by atoms with E-state index in [1.54, 1.807) is 18.5 Å². The topological polar surface area (TPSA) is 98.1 Å². The highest BCUT2D eigenvalue weighted by Gasteiger charge is 2.18. The van der Waals surface area contributed by atoms with E-state index in [0.29, 0.717) is 18.1 Å². The molecule has 8 heteroatoms. The van der Waals surface area contributed by atoms with Gasteiger partial charge in [0.05, 0.1) is 7.11 Å². The van der Waals surface area contributed by atoms with E-state index in [1.807, 2.05) is 23.8 Å². The van der Waals surface area contributed by atoms with Crippen LogP contribution in [0, 0.1) is 0 Å². The van der Waals surface area contributed by atoms with Crippen molar-refractivity contribution in [2.24, 2.45) is 0 Å². The van der Waals surface area contributed by atoms with E-state index in [2.05, 4.69) is 20.6 Å². The summed E-state index contributed by atoms with van der Waals surface area (Å²) in [6.45, 7) is 2.40. The second-order valence-corrected chi connectivity index (χ2v) is 5.51. The lowest BCUT2D eigenvalue weighted by atomic mass is 10.0. The molecule has 0 unspecified atom stereocenters. The molecule has 1 aliphatic heterocycles. The average Bonchev–Trinajstić information content (AvgIpc) is 3.05. The third-order valence-corrected chi connectivity index (χ3v) is 3.83. The van der Waals surface area contributed by atoms with E-state index in [-0.39, 0.29) is 6.03 Å². The maximum Gasteiger partial charge on any atom is 0.358 e. The van der Waals surface area contributed by atoms with Gasteiger partial charge in [0.1, 0.15) is 11.6 Å². The van der Waals surface area contributed by atoms with Crippen LogP contribution in [0.15, 0.2) is 24.5 Å². The number of fused-ring (bicyclic) bond motifs is 1. The summed E-state index contributed by atoms with van der Waals surface area (Å²) in [5.74, 6) is 0.869. The maximum absolute atomic E-state index is 11.6. The lowest BCUT2D eigenvalue weighted by Crippen LogP contribution is -2.28. The zero-order chi connectivity index (χ0) is 17.8. The smallest absolute Gasteiger partial charge is 0.358 e. The molecule has 25 heavy (non-hydrogen) atoms. The Labute approximate surface area is 144 Å². The van der Waals surface area contributed by atoms with E-state index >= 15 is 0 Å². The Morgan fingerprint density at radius 2 is 2.16 bits per heavy atom. The number of nitrogens with one attached hydrogen (secondary N) is 2. The summed E-state index contributed by atoms with van der Waals surface area (Å²) in [6.07, 6.45) is 6.84. The number of carbonyl (C=O) groups is 2. The molecule has 8 nitrogen and oxygen atoms in total. The van der Waals surface area contributed by atoms with E-state index in [9.17, 15) is 9.59 Å². The monoisotopic (exact) mass is 341 g/mol. The quantitative estimate of drug-likeness (QED) is 0.830. The lowest BCUT2D eigenvalue weighted by molar-refractivity contribution is 0.0594. The highest BCUT2D eigenvalue weighted by molar-refractivity contribution is 5.89. The van der Waals surface area contributed by atoms with Gasteiger partial charge in [0.15, 0.2) is 5.69 Å². The molecule has 0 spiro atoms. The predicted octanol–water partition coefficient (Wildman–Crippen LogP) is 2.15. The van der Waals surface area contributed by atoms with Crippen molar-refractivity contribution in [3.8, 4) is 0 Å². The number of amides is 2. The first-order valence-corrected chi connectivity index (χ1v) is 7.98. The molecule has 2 aromatic rings. The van der Waals surface area contributed by atoms with Crippen LogP contribution < -0.4 is 10.6 Å². The average molecular weight is 341 g/mol. The van der Waals surface area contributed by atoms with Gasteiger partial charge in [0, 0.05) is 31.6 Å². The van der Waals surface area contributed by atoms with Crippen molar-refractivity contribution in [1.29, 1.82) is 0 Å². The number of hydrogen-bond acceptors (Lipinski definition) is 5. The van der Waals surface area contributed by atoms with Crippen LogP contribution in [-0.4, -0.2) is 40.2 Å². The molecule has 3 heterocycles. The molecular weight excluding hydrogens is 322 g/mol. The van der Waals surface area contributed by atoms with E-state index in [1.165, 1.54) is 7.11 Å². The third kappa shape index (κ3) is 3.68. The summed E-state index contributed by atoms with van der Waals surface area (Å²) < 4.78 is 6.54. The molecule has 0 bridgehead atoms. The van der Waals surface area contributed by atoms with Crippen molar-refractivity contribution < 1.29 is 14.3 Å². The molecule has 0 radical (unpaired) electrons. The number of carbonyl (C=O) groups excluding carboxylic acids is 2. The van der Waals surface area contributed by atoms with Crippen LogP contribution in [0.3, 0.4) is 0 Å². The van der Waals surface area contributed by atoms with Gasteiger partial charge < -0.3 is 14.6 Å². The van der Waals surface area contributed by atoms with Crippen molar-refractivity contribution in [2.45, 2.75) is 19.8 Å². The maximum atomic E-state index is 11.6. The highest BCUT2D eigenvalue weighted by Crippen LogP contribution is 2.26. The lowest BCUT2D eigenvalue weighted by Gasteiger charge is -2.15. The standard InChI is InChI=1S/C17H19N5O3/c1-3-18-17(24)21-14-6-4-11(8-19-14)12-5-7-15-20-13(16(23)25-2)10-22(15)9-12/h4,6,8-10H,3,5,7H2,1-2H3,(H2,18,19,21,24). The molecule has 0 saturated heterocycles. The minimum atomic E-state index is -0.445. The van der Waals surface area contributed by atoms with Crippen molar-refractivity contribution in [1.82, 2.24) is 19.9 Å². The molecule has 1 aliphatic rings. The number of nitrogens with zero attached hydrogens (tertiary/aromatic N) is 3. The number of rotatable bonds is 4. The number of ether oxygens (including phenoxy) is 1. The Bertz CT molecular complexity index is 823. The first-order chi connectivity index (χ1) is 12.1. The first kappa shape index (κ1) is 16.7. The Morgan fingerprint density at radius 1 is 1.32 bits per heavy atom. The normalized spacial score (nSPS) is 12.8. The number of esters is 1. The zero-order valence-electron chi connectivity index (χ0n) is 14.1. The summed E-state index contributed by atoms with van der Waals surface area (Å²) in [5, 5.41) is 5.31. The Kier molecular flexibility index (Phi) is 4.78. The summed E-state index contributed by atoms with van der Waals surface area (Å²) in [6, 6.07) is 3.39. The highest BCUT2D eigenvalue weighted by atomic mass is 16.5. The zero-order valence-corrected chi connectivity index (χ0v) is 14.1. The van der Waals surface area contributed by atoms with Gasteiger partial charge in [-0.1, -0.05) is 0 Å². The minimum absolute atomic E-state index is 0.280. The van der Waals surface area contributed by atoms with E-state index < -0.39 is 5.97 Å². The molecule has 130 valence electrons. The second kappa shape index (κ2) is 7.16. The van der Waals surface area contributed by atoms with Crippen molar-refractivity contribution >= 4 is 29.6 Å². The van der Waals surface area contributed by atoms with Crippen LogP contribution in [0.2, 0.25) is 0 Å². The number of urea groups is 1. The number of anilines is 1. The first-order valence-electron chi connectivity index (χ1n) is 7.98. The van der Waals surface area contributed by atoms with Gasteiger partial charge in [-0.2, -0.15) is 0 Å². The largest absolute Gasteiger partial charge is 0.464 e. The summed E-state index contributed by atoms with van der Waals surface area (Å²) in [5.41, 5.74) is 2.34. The Morgan fingerprint density at radius 3 is 2.84 bits per heavy atom. The van der Waals surface area contributed by atoms with Gasteiger partial charge >= 0.3 is 12.0 Å². The van der Waals surface area contributed by atoms with Gasteiger partial charge in [0.2, 0.25) is 0 Å². The van der Waals surface area contributed by atoms with Gasteiger partial charge in [-0.05, 0) is 36.6 Å². The van der Waals surface area contributed by atoms with Gasteiger partial charge in [-0.15, -0.1) is 0 Å². The van der Waals surface area contributed by atoms with Crippen LogP contribution in [0.1, 0.15) is 35.2 Å². The van der Waals surface area contributed by atoms with Crippen molar-refractivity contribution in [3.63, 3.8) is 0 Å². The molecule has 0 saturated carbocycles. The predicted molar refractivity (Wildman–Crippen MR) is 93.0 cm³/mol. The van der Waals surface area contributed by atoms with Crippen molar-refractivity contribution in [2.75, 3.05) is 19.0 Å². The molecule has 2 N–H and O–H groups in total. The Hall–Kier alpha value is -3.16. The number of allylic oxidation sites excluding steroid dienone is 1. The molecular formula is C17H19N5O3. The van der Waals surface area contributed by atoms with Crippen LogP contribution >= 0.6 is 0 Å². The second-order valence-electron chi connectivity index (χ2n) is 5.51. The molecule has 0 aliphatic carbocycles. The van der Waals surface area contributed by atoms with E-state index in [0.717, 1.165) is 29.8 Å². The summed E-state index contributed by atoms with van der Waals surface area (Å²) >= 11 is 0. The molecule has 0 aromatic carbocycles. The molecule has 2 aromatic heterocycles. The molecule has 3 rings (SSSR count). The van der Waals surface area contributed by atoms with Crippen LogP contribution in [-0.2, 0) is 11.2 Å². The van der Waals surface area contributed by atoms with Crippen molar-refractivity contribution in [3.05, 3.63) is 41.6 Å². The molecule has 0 fully saturated rings. The fourth-order valence-electron chi connectivity index (χ4n) is 2.61. The van der Waals surface area contributed by atoms with Crippen LogP contribution in [0.5, 0.6) is 0 Å². The van der Waals surface area contributed by atoms with E-state index in [4.69, 9.17) is 4.74 Å². The number of aromatic nitrogens is 3. The number of aryl methyl sites for hydroxylation is 1. The SMILES string of the molecule is CCNC(=O)Nc1ccc(C2=Cn3cc(C(=O)OC)nc3CC2)cn1. The fraction of sp³-hybridized carbons (Fsp3) is 0.294.